The third kappa shape index (κ3) is 2.61. The Morgan fingerprint density at radius 3 is 2.36 bits per heavy atom. The van der Waals surface area contributed by atoms with Gasteiger partial charge in [0.1, 0.15) is 0 Å². The summed E-state index contributed by atoms with van der Waals surface area (Å²) in [5.41, 5.74) is 5.76. The van der Waals surface area contributed by atoms with Crippen molar-refractivity contribution in [3.05, 3.63) is 0 Å². The number of aliphatic imine (C=N–C) groups is 1. The number of hydrogen-bond donors (Lipinski definition) is 1. The van der Waals surface area contributed by atoms with Crippen molar-refractivity contribution in [2.24, 2.45) is 10.7 Å². The van der Waals surface area contributed by atoms with Crippen LogP contribution in [-0.4, -0.2) is 55.0 Å². The van der Waals surface area contributed by atoms with Crippen LogP contribution in [0.4, 0.5) is 0 Å². The Balaban J connectivity index is 2.38. The van der Waals surface area contributed by atoms with Gasteiger partial charge in [0.25, 0.3) is 0 Å². The fourth-order valence-electron chi connectivity index (χ4n) is 1.79. The molecule has 0 bridgehead atoms. The van der Waals surface area contributed by atoms with Gasteiger partial charge in [-0.3, -0.25) is 9.89 Å². The summed E-state index contributed by atoms with van der Waals surface area (Å²) < 4.78 is 0. The fraction of sp³-hybridized carbons (Fsp3) is 0.900. The highest BCUT2D eigenvalue weighted by molar-refractivity contribution is 5.77. The van der Waals surface area contributed by atoms with E-state index in [-0.39, 0.29) is 0 Å². The quantitative estimate of drug-likeness (QED) is 0.514. The summed E-state index contributed by atoms with van der Waals surface area (Å²) in [5.74, 6) is 0.675. The van der Waals surface area contributed by atoms with Crippen LogP contribution < -0.4 is 5.73 Å². The van der Waals surface area contributed by atoms with E-state index < -0.39 is 0 Å². The second-order valence-electron chi connectivity index (χ2n) is 3.86. The van der Waals surface area contributed by atoms with Crippen LogP contribution >= 0.6 is 0 Å². The average Bonchev–Trinajstić information content (AvgIpc) is 2.27. The van der Waals surface area contributed by atoms with Gasteiger partial charge in [-0.1, -0.05) is 6.92 Å². The molecule has 1 atom stereocenters. The van der Waals surface area contributed by atoms with Gasteiger partial charge >= 0.3 is 0 Å². The van der Waals surface area contributed by atoms with Gasteiger partial charge in [0.2, 0.25) is 0 Å². The average molecular weight is 198 g/mol. The maximum Gasteiger partial charge on any atom is 0.191 e. The van der Waals surface area contributed by atoms with Crippen molar-refractivity contribution in [1.82, 2.24) is 9.80 Å². The lowest BCUT2D eigenvalue weighted by atomic mass is 10.2. The number of nitrogens with two attached hydrogens (primary N) is 1. The molecule has 1 aliphatic rings. The summed E-state index contributed by atoms with van der Waals surface area (Å²) in [6, 6.07) is 0.692. The molecule has 82 valence electrons. The molecular weight excluding hydrogens is 176 g/mol. The minimum absolute atomic E-state index is 0.675. The van der Waals surface area contributed by atoms with Gasteiger partial charge in [0, 0.05) is 39.3 Å². The number of guanidine groups is 1. The van der Waals surface area contributed by atoms with Crippen LogP contribution in [0.2, 0.25) is 0 Å². The maximum atomic E-state index is 5.76. The first-order valence-corrected chi connectivity index (χ1v) is 5.40. The predicted molar refractivity (Wildman–Crippen MR) is 60.4 cm³/mol. The zero-order valence-corrected chi connectivity index (χ0v) is 9.53. The van der Waals surface area contributed by atoms with Crippen LogP contribution in [0.3, 0.4) is 0 Å². The van der Waals surface area contributed by atoms with E-state index >= 15 is 0 Å². The molecule has 1 fully saturated rings. The normalized spacial score (nSPS) is 22.5. The summed E-state index contributed by atoms with van der Waals surface area (Å²) in [7, 11) is 1.75. The molecule has 0 radical (unpaired) electrons. The lowest BCUT2D eigenvalue weighted by Gasteiger charge is -2.38. The van der Waals surface area contributed by atoms with Crippen molar-refractivity contribution >= 4 is 5.96 Å². The molecule has 1 unspecified atom stereocenters. The van der Waals surface area contributed by atoms with E-state index in [1.165, 1.54) is 6.42 Å². The second kappa shape index (κ2) is 5.20. The van der Waals surface area contributed by atoms with Crippen molar-refractivity contribution in [1.29, 1.82) is 0 Å². The third-order valence-electron chi connectivity index (χ3n) is 3.08. The van der Waals surface area contributed by atoms with Crippen molar-refractivity contribution < 1.29 is 0 Å². The van der Waals surface area contributed by atoms with Crippen molar-refractivity contribution in [2.45, 2.75) is 26.3 Å². The molecule has 0 aliphatic carbocycles. The Kier molecular flexibility index (Phi) is 4.20. The van der Waals surface area contributed by atoms with Crippen LogP contribution in [0, 0.1) is 0 Å². The maximum absolute atomic E-state index is 5.76. The topological polar surface area (TPSA) is 44.9 Å². The highest BCUT2D eigenvalue weighted by Gasteiger charge is 2.20. The molecule has 0 aromatic carbocycles. The molecular formula is C10H22N4. The molecule has 1 aliphatic heterocycles. The Morgan fingerprint density at radius 2 is 1.93 bits per heavy atom. The van der Waals surface area contributed by atoms with Gasteiger partial charge in [-0.05, 0) is 13.3 Å². The van der Waals surface area contributed by atoms with E-state index in [9.17, 15) is 0 Å². The first kappa shape index (κ1) is 11.3. The summed E-state index contributed by atoms with van der Waals surface area (Å²) in [5, 5.41) is 0. The van der Waals surface area contributed by atoms with Crippen LogP contribution in [-0.2, 0) is 0 Å². The van der Waals surface area contributed by atoms with Gasteiger partial charge in [0.15, 0.2) is 5.96 Å². The highest BCUT2D eigenvalue weighted by atomic mass is 15.3. The van der Waals surface area contributed by atoms with Gasteiger partial charge < -0.3 is 10.6 Å². The predicted octanol–water partition coefficient (Wildman–Crippen LogP) is 0.347. The number of hydrogen-bond acceptors (Lipinski definition) is 2. The van der Waals surface area contributed by atoms with Crippen molar-refractivity contribution in [3.63, 3.8) is 0 Å². The van der Waals surface area contributed by atoms with E-state index in [0.717, 1.165) is 26.2 Å². The molecule has 0 amide bonds. The molecule has 1 rings (SSSR count). The number of rotatable bonds is 2. The van der Waals surface area contributed by atoms with Crippen LogP contribution in [0.5, 0.6) is 0 Å². The molecule has 14 heavy (non-hydrogen) atoms. The molecule has 4 heteroatoms. The monoisotopic (exact) mass is 198 g/mol. The van der Waals surface area contributed by atoms with Gasteiger partial charge in [-0.2, -0.15) is 0 Å². The lowest BCUT2D eigenvalue weighted by molar-refractivity contribution is 0.137. The molecule has 2 N–H and O–H groups in total. The smallest absolute Gasteiger partial charge is 0.191 e. The largest absolute Gasteiger partial charge is 0.370 e. The number of nitrogens with zero attached hydrogens (tertiary/aromatic N) is 3. The van der Waals surface area contributed by atoms with Gasteiger partial charge in [0.05, 0.1) is 0 Å². The van der Waals surface area contributed by atoms with E-state index in [0.29, 0.717) is 12.0 Å². The molecule has 1 saturated heterocycles. The molecule has 4 nitrogen and oxygen atoms in total. The minimum Gasteiger partial charge on any atom is -0.370 e. The SMILES string of the molecule is CCC(C)N1CCN(C(N)=NC)CC1. The lowest BCUT2D eigenvalue weighted by Crippen LogP contribution is -2.53. The zero-order chi connectivity index (χ0) is 10.6. The summed E-state index contributed by atoms with van der Waals surface area (Å²) >= 11 is 0. The highest BCUT2D eigenvalue weighted by Crippen LogP contribution is 2.08. The molecule has 0 saturated carbocycles. The Morgan fingerprint density at radius 1 is 1.36 bits per heavy atom. The van der Waals surface area contributed by atoms with Crippen LogP contribution in [0.25, 0.3) is 0 Å². The fourth-order valence-corrected chi connectivity index (χ4v) is 1.79. The molecule has 0 spiro atoms. The van der Waals surface area contributed by atoms with Gasteiger partial charge in [-0.25, -0.2) is 0 Å². The van der Waals surface area contributed by atoms with E-state index in [2.05, 4.69) is 28.6 Å². The van der Waals surface area contributed by atoms with E-state index in [4.69, 9.17) is 5.73 Å². The number of piperazine rings is 1. The zero-order valence-electron chi connectivity index (χ0n) is 9.53. The molecule has 0 aromatic rings. The Bertz CT molecular complexity index is 194. The van der Waals surface area contributed by atoms with Crippen LogP contribution in [0.1, 0.15) is 20.3 Å². The molecule has 0 aromatic heterocycles. The van der Waals surface area contributed by atoms with Crippen LogP contribution in [0.15, 0.2) is 4.99 Å². The minimum atomic E-state index is 0.675. The first-order valence-electron chi connectivity index (χ1n) is 5.40. The summed E-state index contributed by atoms with van der Waals surface area (Å²) in [4.78, 5) is 8.67. The first-order chi connectivity index (χ1) is 6.69. The third-order valence-corrected chi connectivity index (χ3v) is 3.08. The van der Waals surface area contributed by atoms with Crippen molar-refractivity contribution in [3.8, 4) is 0 Å². The van der Waals surface area contributed by atoms with Gasteiger partial charge in [-0.15, -0.1) is 0 Å². The second-order valence-corrected chi connectivity index (χ2v) is 3.86. The van der Waals surface area contributed by atoms with Crippen molar-refractivity contribution in [2.75, 3.05) is 33.2 Å². The molecule has 1 heterocycles. The summed E-state index contributed by atoms with van der Waals surface area (Å²) in [6.45, 7) is 8.74. The Hall–Kier alpha value is -0.770. The Labute approximate surface area is 86.8 Å². The standard InChI is InChI=1S/C10H22N4/c1-4-9(2)13-5-7-14(8-6-13)10(11)12-3/h9H,4-8H2,1-3H3,(H2,11,12). The van der Waals surface area contributed by atoms with E-state index in [1.807, 2.05) is 0 Å². The van der Waals surface area contributed by atoms with E-state index in [1.54, 1.807) is 7.05 Å². The summed E-state index contributed by atoms with van der Waals surface area (Å²) in [6.07, 6.45) is 1.22.